The maximum Gasteiger partial charge on any atom is 0.224 e. The van der Waals surface area contributed by atoms with E-state index in [-0.39, 0.29) is 18.1 Å². The molecule has 0 bridgehead atoms. The van der Waals surface area contributed by atoms with Crippen LogP contribution in [0.15, 0.2) is 42.5 Å². The molecule has 1 aliphatic heterocycles. The zero-order valence-corrected chi connectivity index (χ0v) is 16.8. The minimum Gasteiger partial charge on any atom is -0.326 e. The Bertz CT molecular complexity index is 1030. The number of carbonyl (C=O) groups excluding carboxylic acids is 1. The number of aromatic nitrogens is 3. The minimum atomic E-state index is -0.376. The fraction of sp³-hybridized carbons (Fsp3) is 0.318. The number of halogens is 2. The van der Waals surface area contributed by atoms with Gasteiger partial charge in [0.05, 0.1) is 5.56 Å². The Hall–Kier alpha value is -2.73. The molecule has 2 heterocycles. The second-order valence-electron chi connectivity index (χ2n) is 7.24. The molecule has 3 aromatic rings. The summed E-state index contributed by atoms with van der Waals surface area (Å²) in [5.74, 6) is 0.888. The molecule has 1 aliphatic rings. The van der Waals surface area contributed by atoms with Crippen LogP contribution in [0.2, 0.25) is 5.02 Å². The molecular formula is C22H22ClFN4O. The van der Waals surface area contributed by atoms with Gasteiger partial charge in [0.25, 0.3) is 0 Å². The number of fused-ring (bicyclic) bond motifs is 1. The zero-order chi connectivity index (χ0) is 20.2. The van der Waals surface area contributed by atoms with Gasteiger partial charge in [-0.15, -0.1) is 10.2 Å². The molecule has 0 atom stereocenters. The summed E-state index contributed by atoms with van der Waals surface area (Å²) < 4.78 is 16.5. The normalized spacial score (nSPS) is 13.6. The van der Waals surface area contributed by atoms with Crippen molar-refractivity contribution in [3.05, 3.63) is 64.7 Å². The van der Waals surface area contributed by atoms with E-state index in [1.165, 1.54) is 6.07 Å². The van der Waals surface area contributed by atoms with Gasteiger partial charge in [-0.3, -0.25) is 4.79 Å². The van der Waals surface area contributed by atoms with Gasteiger partial charge in [-0.05, 0) is 49.1 Å². The Balaban J connectivity index is 1.49. The minimum absolute atomic E-state index is 0.150. The number of benzene rings is 2. The van der Waals surface area contributed by atoms with Gasteiger partial charge in [0.1, 0.15) is 11.6 Å². The SMILES string of the molecule is O=C(CCc1ccccc1Cl)Nc1ccc(F)c(-c2nnc3n2CCCCC3)c1. The molecule has 0 saturated heterocycles. The van der Waals surface area contributed by atoms with Gasteiger partial charge in [-0.1, -0.05) is 36.2 Å². The number of nitrogens with zero attached hydrogens (tertiary/aromatic N) is 3. The first kappa shape index (κ1) is 19.6. The Kier molecular flexibility index (Phi) is 5.90. The number of nitrogens with one attached hydrogen (secondary N) is 1. The van der Waals surface area contributed by atoms with E-state index in [0.29, 0.717) is 28.5 Å². The van der Waals surface area contributed by atoms with Crippen molar-refractivity contribution >= 4 is 23.2 Å². The molecule has 0 unspecified atom stereocenters. The molecule has 0 radical (unpaired) electrons. The second-order valence-corrected chi connectivity index (χ2v) is 7.64. The third-order valence-electron chi connectivity index (χ3n) is 5.18. The predicted molar refractivity (Wildman–Crippen MR) is 111 cm³/mol. The molecule has 0 fully saturated rings. The largest absolute Gasteiger partial charge is 0.326 e. The van der Waals surface area contributed by atoms with Gasteiger partial charge in [0.2, 0.25) is 5.91 Å². The topological polar surface area (TPSA) is 59.8 Å². The summed E-state index contributed by atoms with van der Waals surface area (Å²) >= 11 is 6.14. The Labute approximate surface area is 173 Å². The fourth-order valence-corrected chi connectivity index (χ4v) is 3.86. The van der Waals surface area contributed by atoms with Gasteiger partial charge in [0, 0.05) is 30.1 Å². The lowest BCUT2D eigenvalue weighted by atomic mass is 10.1. The summed E-state index contributed by atoms with van der Waals surface area (Å²) in [6, 6.07) is 12.0. The van der Waals surface area contributed by atoms with Crippen LogP contribution >= 0.6 is 11.6 Å². The molecule has 0 saturated carbocycles. The Morgan fingerprint density at radius 1 is 1.14 bits per heavy atom. The van der Waals surface area contributed by atoms with Crippen LogP contribution < -0.4 is 5.32 Å². The van der Waals surface area contributed by atoms with Crippen molar-refractivity contribution in [2.24, 2.45) is 0 Å². The summed E-state index contributed by atoms with van der Waals surface area (Å²) in [7, 11) is 0. The van der Waals surface area contributed by atoms with Crippen molar-refractivity contribution in [1.29, 1.82) is 0 Å². The molecular weight excluding hydrogens is 391 g/mol. The average molecular weight is 413 g/mol. The first-order valence-electron chi connectivity index (χ1n) is 9.87. The summed E-state index contributed by atoms with van der Waals surface area (Å²) in [6.07, 6.45) is 4.91. The zero-order valence-electron chi connectivity index (χ0n) is 16.0. The van der Waals surface area contributed by atoms with Crippen LogP contribution in [0.1, 0.15) is 37.1 Å². The molecule has 1 amide bonds. The van der Waals surface area contributed by atoms with Crippen LogP contribution in [0.4, 0.5) is 10.1 Å². The summed E-state index contributed by atoms with van der Waals surface area (Å²) in [4.78, 5) is 12.4. The Morgan fingerprint density at radius 3 is 2.86 bits per heavy atom. The smallest absolute Gasteiger partial charge is 0.224 e. The molecule has 4 rings (SSSR count). The van der Waals surface area contributed by atoms with Gasteiger partial charge in [0.15, 0.2) is 5.82 Å². The van der Waals surface area contributed by atoms with Crippen LogP contribution in [0.3, 0.4) is 0 Å². The first-order chi connectivity index (χ1) is 14.1. The molecule has 2 aromatic carbocycles. The third kappa shape index (κ3) is 4.48. The highest BCUT2D eigenvalue weighted by molar-refractivity contribution is 6.31. The van der Waals surface area contributed by atoms with Crippen molar-refractivity contribution in [3.63, 3.8) is 0 Å². The predicted octanol–water partition coefficient (Wildman–Crippen LogP) is 5.04. The van der Waals surface area contributed by atoms with Crippen LogP contribution in [-0.4, -0.2) is 20.7 Å². The van der Waals surface area contributed by atoms with Crippen LogP contribution in [-0.2, 0) is 24.2 Å². The molecule has 0 spiro atoms. The number of hydrogen-bond donors (Lipinski definition) is 1. The number of anilines is 1. The van der Waals surface area contributed by atoms with Gasteiger partial charge < -0.3 is 9.88 Å². The summed E-state index contributed by atoms with van der Waals surface area (Å²) in [5.41, 5.74) is 1.82. The van der Waals surface area contributed by atoms with E-state index in [4.69, 9.17) is 11.6 Å². The van der Waals surface area contributed by atoms with Crippen LogP contribution in [0, 0.1) is 5.82 Å². The quantitative estimate of drug-likeness (QED) is 0.639. The maximum atomic E-state index is 14.5. The third-order valence-corrected chi connectivity index (χ3v) is 5.55. The van der Waals surface area contributed by atoms with Gasteiger partial charge in [-0.2, -0.15) is 0 Å². The number of rotatable bonds is 5. The lowest BCUT2D eigenvalue weighted by molar-refractivity contribution is -0.116. The van der Waals surface area contributed by atoms with Gasteiger partial charge >= 0.3 is 0 Å². The van der Waals surface area contributed by atoms with Crippen molar-refractivity contribution in [3.8, 4) is 11.4 Å². The van der Waals surface area contributed by atoms with E-state index < -0.39 is 0 Å². The van der Waals surface area contributed by atoms with Crippen molar-refractivity contribution < 1.29 is 9.18 Å². The second kappa shape index (κ2) is 8.74. The van der Waals surface area contributed by atoms with Crippen LogP contribution in [0.5, 0.6) is 0 Å². The van der Waals surface area contributed by atoms with E-state index in [9.17, 15) is 9.18 Å². The van der Waals surface area contributed by atoms with E-state index in [1.807, 2.05) is 28.8 Å². The molecule has 29 heavy (non-hydrogen) atoms. The van der Waals surface area contributed by atoms with Crippen molar-refractivity contribution in [1.82, 2.24) is 14.8 Å². The maximum absolute atomic E-state index is 14.5. The molecule has 1 N–H and O–H groups in total. The summed E-state index contributed by atoms with van der Waals surface area (Å²) in [5, 5.41) is 12.0. The van der Waals surface area contributed by atoms with Gasteiger partial charge in [-0.25, -0.2) is 4.39 Å². The monoisotopic (exact) mass is 412 g/mol. The highest BCUT2D eigenvalue weighted by Crippen LogP contribution is 2.27. The van der Waals surface area contributed by atoms with E-state index in [2.05, 4.69) is 15.5 Å². The molecule has 0 aliphatic carbocycles. The highest BCUT2D eigenvalue weighted by atomic mass is 35.5. The highest BCUT2D eigenvalue weighted by Gasteiger charge is 2.19. The molecule has 7 heteroatoms. The van der Waals surface area contributed by atoms with Crippen molar-refractivity contribution in [2.45, 2.75) is 45.1 Å². The first-order valence-corrected chi connectivity index (χ1v) is 10.2. The number of aryl methyl sites for hydroxylation is 2. The lowest BCUT2D eigenvalue weighted by Crippen LogP contribution is -2.13. The lowest BCUT2D eigenvalue weighted by Gasteiger charge is -2.11. The number of hydrogen-bond acceptors (Lipinski definition) is 3. The molecule has 150 valence electrons. The molecule has 5 nitrogen and oxygen atoms in total. The van der Waals surface area contributed by atoms with Crippen LogP contribution in [0.25, 0.3) is 11.4 Å². The Morgan fingerprint density at radius 2 is 2.00 bits per heavy atom. The van der Waals surface area contributed by atoms with E-state index in [1.54, 1.807) is 12.1 Å². The average Bonchev–Trinajstić information content (AvgIpc) is 2.96. The standard InChI is InChI=1S/C22H22ClFN4O/c23-18-7-4-3-6-15(18)9-12-21(29)25-16-10-11-19(24)17(14-16)22-27-26-20-8-2-1-5-13-28(20)22/h3-4,6-7,10-11,14H,1-2,5,8-9,12-13H2,(H,25,29). The summed E-state index contributed by atoms with van der Waals surface area (Å²) in [6.45, 7) is 0.783. The van der Waals surface area contributed by atoms with E-state index in [0.717, 1.165) is 43.6 Å². The fourth-order valence-electron chi connectivity index (χ4n) is 3.63. The van der Waals surface area contributed by atoms with Crippen molar-refractivity contribution in [2.75, 3.05) is 5.32 Å². The number of carbonyl (C=O) groups is 1. The number of amides is 1. The van der Waals surface area contributed by atoms with E-state index >= 15 is 0 Å². The molecule has 1 aromatic heterocycles.